The average molecular weight is 240 g/mol. The van der Waals surface area contributed by atoms with E-state index in [2.05, 4.69) is 9.68 Å². The van der Waals surface area contributed by atoms with Gasteiger partial charge in [0.2, 0.25) is 0 Å². The largest absolute Gasteiger partial charge is 0.394 e. The minimum atomic E-state index is -1.05. The highest BCUT2D eigenvalue weighted by atomic mass is 17.0. The summed E-state index contributed by atoms with van der Waals surface area (Å²) >= 11 is 0. The lowest BCUT2D eigenvalue weighted by molar-refractivity contribution is -0.769. The second kappa shape index (κ2) is 8.61. The Kier molecular flexibility index (Phi) is 7.71. The summed E-state index contributed by atoms with van der Waals surface area (Å²) in [5.74, 6) is 0. The molecule has 1 unspecified atom stereocenters. The molecule has 0 saturated carbocycles. The average Bonchev–Trinajstić information content (AvgIpc) is 2.20. The topological polar surface area (TPSA) is 134 Å². The predicted molar refractivity (Wildman–Crippen MR) is 47.3 cm³/mol. The van der Waals surface area contributed by atoms with E-state index in [-0.39, 0.29) is 26.2 Å². The van der Waals surface area contributed by atoms with Gasteiger partial charge in [-0.15, -0.1) is 20.2 Å². The number of nitrogens with zero attached hydrogens (tertiary/aromatic N) is 2. The van der Waals surface area contributed by atoms with Crippen LogP contribution in [0.4, 0.5) is 0 Å². The van der Waals surface area contributed by atoms with Crippen LogP contribution in [-0.4, -0.2) is 47.8 Å². The number of ether oxygens (including phenoxy) is 1. The van der Waals surface area contributed by atoms with Crippen LogP contribution in [0.5, 0.6) is 0 Å². The molecule has 0 fully saturated rings. The fourth-order valence-corrected chi connectivity index (χ4v) is 0.753. The molecular weight excluding hydrogens is 228 g/mol. The standard InChI is InChI=1S/C6H12N2O8/c9-4-6(16-8(12)13)5-14-2-1-3-15-7(10)11/h6,9H,1-5H2. The van der Waals surface area contributed by atoms with Crippen molar-refractivity contribution in [2.24, 2.45) is 0 Å². The maximum Gasteiger partial charge on any atom is 0.294 e. The van der Waals surface area contributed by atoms with Gasteiger partial charge in [0.15, 0.2) is 6.10 Å². The zero-order valence-electron chi connectivity index (χ0n) is 8.31. The summed E-state index contributed by atoms with van der Waals surface area (Å²) in [7, 11) is 0. The second-order valence-corrected chi connectivity index (χ2v) is 2.62. The molecule has 0 rings (SSSR count). The molecule has 0 saturated heterocycles. The Morgan fingerprint density at radius 2 is 1.88 bits per heavy atom. The van der Waals surface area contributed by atoms with Gasteiger partial charge in [0.1, 0.15) is 0 Å². The highest BCUT2D eigenvalue weighted by Crippen LogP contribution is 1.94. The Morgan fingerprint density at radius 1 is 1.19 bits per heavy atom. The molecule has 16 heavy (non-hydrogen) atoms. The Morgan fingerprint density at radius 3 is 2.38 bits per heavy atom. The van der Waals surface area contributed by atoms with Crippen LogP contribution >= 0.6 is 0 Å². The smallest absolute Gasteiger partial charge is 0.294 e. The first-order valence-corrected chi connectivity index (χ1v) is 4.33. The lowest BCUT2D eigenvalue weighted by atomic mass is 10.4. The molecule has 1 N–H and O–H groups in total. The van der Waals surface area contributed by atoms with Gasteiger partial charge >= 0.3 is 0 Å². The molecular formula is C6H12N2O8. The van der Waals surface area contributed by atoms with Gasteiger partial charge in [0.05, 0.1) is 19.8 Å². The van der Waals surface area contributed by atoms with Gasteiger partial charge in [-0.05, 0) is 6.42 Å². The van der Waals surface area contributed by atoms with Gasteiger partial charge in [-0.25, -0.2) is 0 Å². The van der Waals surface area contributed by atoms with Crippen molar-refractivity contribution in [3.63, 3.8) is 0 Å². The molecule has 0 amide bonds. The van der Waals surface area contributed by atoms with E-state index < -0.39 is 22.9 Å². The zero-order chi connectivity index (χ0) is 12.4. The van der Waals surface area contributed by atoms with Crippen molar-refractivity contribution < 1.29 is 29.7 Å². The molecule has 0 aromatic carbocycles. The molecule has 10 nitrogen and oxygen atoms in total. The number of aliphatic hydroxyl groups excluding tert-OH is 1. The van der Waals surface area contributed by atoms with Crippen molar-refractivity contribution >= 4 is 0 Å². The van der Waals surface area contributed by atoms with Gasteiger partial charge < -0.3 is 19.5 Å². The lowest BCUT2D eigenvalue weighted by Crippen LogP contribution is -2.27. The highest BCUT2D eigenvalue weighted by Gasteiger charge is 2.11. The zero-order valence-corrected chi connectivity index (χ0v) is 8.31. The van der Waals surface area contributed by atoms with Gasteiger partial charge in [-0.2, -0.15) is 0 Å². The van der Waals surface area contributed by atoms with Gasteiger partial charge in [-0.1, -0.05) is 0 Å². The minimum absolute atomic E-state index is 0.116. The summed E-state index contributed by atoms with van der Waals surface area (Å²) in [4.78, 5) is 27.7. The first kappa shape index (κ1) is 14.3. The summed E-state index contributed by atoms with van der Waals surface area (Å²) in [6.07, 6.45) is -0.788. The fraction of sp³-hybridized carbons (Fsp3) is 1.00. The minimum Gasteiger partial charge on any atom is -0.394 e. The van der Waals surface area contributed by atoms with Crippen LogP contribution in [0.2, 0.25) is 0 Å². The summed E-state index contributed by atoms with van der Waals surface area (Å²) in [5, 5.41) is 26.3. The molecule has 0 spiro atoms. The molecule has 0 aliphatic heterocycles. The molecule has 0 bridgehead atoms. The van der Waals surface area contributed by atoms with Crippen molar-refractivity contribution in [2.45, 2.75) is 12.5 Å². The number of hydrogen-bond acceptors (Lipinski definition) is 8. The first-order valence-electron chi connectivity index (χ1n) is 4.33. The third kappa shape index (κ3) is 8.90. The fourth-order valence-electron chi connectivity index (χ4n) is 0.753. The van der Waals surface area contributed by atoms with E-state index in [0.29, 0.717) is 0 Å². The number of aliphatic hydroxyl groups is 1. The van der Waals surface area contributed by atoms with Crippen molar-refractivity contribution in [1.29, 1.82) is 0 Å². The molecule has 0 aromatic heterocycles. The monoisotopic (exact) mass is 240 g/mol. The highest BCUT2D eigenvalue weighted by molar-refractivity contribution is 4.50. The molecule has 1 atom stereocenters. The van der Waals surface area contributed by atoms with E-state index in [9.17, 15) is 20.2 Å². The maximum atomic E-state index is 9.90. The van der Waals surface area contributed by atoms with Crippen LogP contribution in [0.3, 0.4) is 0 Å². The van der Waals surface area contributed by atoms with Gasteiger partial charge in [-0.3, -0.25) is 0 Å². The quantitative estimate of drug-likeness (QED) is 0.297. The third-order valence-corrected chi connectivity index (χ3v) is 1.37. The van der Waals surface area contributed by atoms with E-state index in [1.54, 1.807) is 0 Å². The first-order chi connectivity index (χ1) is 7.56. The van der Waals surface area contributed by atoms with E-state index in [0.717, 1.165) is 0 Å². The molecule has 0 radical (unpaired) electrons. The van der Waals surface area contributed by atoms with Crippen LogP contribution in [0.15, 0.2) is 0 Å². The van der Waals surface area contributed by atoms with Crippen LogP contribution in [0, 0.1) is 20.2 Å². The van der Waals surface area contributed by atoms with Crippen molar-refractivity contribution in [2.75, 3.05) is 26.4 Å². The lowest BCUT2D eigenvalue weighted by Gasteiger charge is -2.11. The van der Waals surface area contributed by atoms with Crippen LogP contribution in [0.25, 0.3) is 0 Å². The molecule has 0 aliphatic rings. The number of hydrogen-bond donors (Lipinski definition) is 1. The summed E-state index contributed by atoms with van der Waals surface area (Å²) in [6, 6.07) is 0. The van der Waals surface area contributed by atoms with Crippen molar-refractivity contribution in [1.82, 2.24) is 0 Å². The van der Waals surface area contributed by atoms with Gasteiger partial charge in [0.25, 0.3) is 10.2 Å². The Hall–Kier alpha value is -1.68. The molecule has 10 heteroatoms. The van der Waals surface area contributed by atoms with E-state index in [4.69, 9.17) is 9.84 Å². The molecule has 0 heterocycles. The van der Waals surface area contributed by atoms with Crippen molar-refractivity contribution in [3.05, 3.63) is 20.2 Å². The predicted octanol–water partition coefficient (Wildman–Crippen LogP) is -0.829. The molecule has 0 aromatic rings. The maximum absolute atomic E-state index is 9.90. The van der Waals surface area contributed by atoms with E-state index >= 15 is 0 Å². The Bertz CT molecular complexity index is 223. The SMILES string of the molecule is O=[N+]([O-])OCCCOCC(CO)O[N+](=O)[O-]. The van der Waals surface area contributed by atoms with Gasteiger partial charge in [0, 0.05) is 6.61 Å². The molecule has 0 aliphatic carbocycles. The van der Waals surface area contributed by atoms with Crippen LogP contribution in [-0.2, 0) is 14.4 Å². The summed E-state index contributed by atoms with van der Waals surface area (Å²) < 4.78 is 4.88. The Labute approximate surface area is 89.9 Å². The van der Waals surface area contributed by atoms with Crippen LogP contribution in [0.1, 0.15) is 6.42 Å². The Balaban J connectivity index is 3.41. The van der Waals surface area contributed by atoms with Crippen molar-refractivity contribution in [3.8, 4) is 0 Å². The summed E-state index contributed by atoms with van der Waals surface area (Å²) in [6.45, 7) is -0.722. The summed E-state index contributed by atoms with van der Waals surface area (Å²) in [5.41, 5.74) is 0. The normalized spacial score (nSPS) is 11.8. The molecule has 94 valence electrons. The van der Waals surface area contributed by atoms with Crippen LogP contribution < -0.4 is 0 Å². The van der Waals surface area contributed by atoms with E-state index in [1.165, 1.54) is 0 Å². The van der Waals surface area contributed by atoms with E-state index in [1.807, 2.05) is 0 Å². The number of rotatable bonds is 10. The third-order valence-electron chi connectivity index (χ3n) is 1.37. The second-order valence-electron chi connectivity index (χ2n) is 2.62.